The van der Waals surface area contributed by atoms with E-state index < -0.39 is 5.97 Å². The smallest absolute Gasteiger partial charge is 0.306 e. The molecule has 2 rings (SSSR count). The number of nitrogens with one attached hydrogen (secondary N) is 1. The van der Waals surface area contributed by atoms with Crippen molar-refractivity contribution >= 4 is 17.6 Å². The maximum Gasteiger partial charge on any atom is 0.306 e. The van der Waals surface area contributed by atoms with Crippen molar-refractivity contribution in [3.63, 3.8) is 0 Å². The number of carbonyl (C=O) groups is 2. The molecule has 0 unspecified atom stereocenters. The summed E-state index contributed by atoms with van der Waals surface area (Å²) in [4.78, 5) is 22.8. The molecule has 1 aliphatic carbocycles. The van der Waals surface area contributed by atoms with E-state index in [4.69, 9.17) is 10.8 Å². The maximum absolute atomic E-state index is 12.0. The van der Waals surface area contributed by atoms with E-state index in [-0.39, 0.29) is 11.8 Å². The van der Waals surface area contributed by atoms with Crippen LogP contribution < -0.4 is 11.1 Å². The molecule has 4 N–H and O–H groups in total. The van der Waals surface area contributed by atoms with Crippen LogP contribution in [0.4, 0.5) is 5.69 Å². The second-order valence-corrected chi connectivity index (χ2v) is 5.39. The first-order valence-corrected chi connectivity index (χ1v) is 6.93. The van der Waals surface area contributed by atoms with Crippen LogP contribution >= 0.6 is 0 Å². The third kappa shape index (κ3) is 3.73. The topological polar surface area (TPSA) is 92.4 Å². The molecule has 20 heavy (non-hydrogen) atoms. The number of anilines is 1. The molecule has 108 valence electrons. The number of hydrogen-bond acceptors (Lipinski definition) is 3. The molecule has 0 atom stereocenters. The summed E-state index contributed by atoms with van der Waals surface area (Å²) in [6.07, 6.45) is 3.12. The Kier molecular flexibility index (Phi) is 4.61. The Morgan fingerprint density at radius 3 is 2.55 bits per heavy atom. The fourth-order valence-electron chi connectivity index (χ4n) is 2.63. The highest BCUT2D eigenvalue weighted by molar-refractivity contribution is 5.94. The van der Waals surface area contributed by atoms with Crippen LogP contribution in [0.3, 0.4) is 0 Å². The van der Waals surface area contributed by atoms with E-state index in [0.717, 1.165) is 12.8 Å². The van der Waals surface area contributed by atoms with Gasteiger partial charge in [0.25, 0.3) is 5.91 Å². The van der Waals surface area contributed by atoms with Gasteiger partial charge in [0.15, 0.2) is 0 Å². The molecule has 0 aromatic heterocycles. The van der Waals surface area contributed by atoms with Gasteiger partial charge in [0.2, 0.25) is 0 Å². The fraction of sp³-hybridized carbons (Fsp3) is 0.467. The Bertz CT molecular complexity index is 494. The second kappa shape index (κ2) is 6.41. The number of nitrogen functional groups attached to an aromatic ring is 1. The van der Waals surface area contributed by atoms with Crippen LogP contribution in [0.25, 0.3) is 0 Å². The molecule has 1 aromatic rings. The first-order chi connectivity index (χ1) is 9.56. The number of rotatable bonds is 4. The number of carbonyl (C=O) groups excluding carboxylic acids is 1. The average molecular weight is 276 g/mol. The van der Waals surface area contributed by atoms with Crippen LogP contribution in [0, 0.1) is 11.8 Å². The SMILES string of the molecule is Nc1cccc(C(=O)NCC2CCC(C(=O)O)CC2)c1. The van der Waals surface area contributed by atoms with E-state index in [1.54, 1.807) is 24.3 Å². The Labute approximate surface area is 118 Å². The van der Waals surface area contributed by atoms with Gasteiger partial charge in [-0.1, -0.05) is 6.07 Å². The van der Waals surface area contributed by atoms with Gasteiger partial charge in [0.1, 0.15) is 0 Å². The minimum atomic E-state index is -0.702. The first-order valence-electron chi connectivity index (χ1n) is 6.93. The molecule has 1 aromatic carbocycles. The van der Waals surface area contributed by atoms with E-state index in [1.807, 2.05) is 0 Å². The zero-order valence-corrected chi connectivity index (χ0v) is 11.3. The van der Waals surface area contributed by atoms with E-state index in [2.05, 4.69) is 5.32 Å². The van der Waals surface area contributed by atoms with Crippen molar-refractivity contribution < 1.29 is 14.7 Å². The van der Waals surface area contributed by atoms with Crippen molar-refractivity contribution in [2.45, 2.75) is 25.7 Å². The lowest BCUT2D eigenvalue weighted by atomic mass is 9.82. The molecule has 0 saturated heterocycles. The summed E-state index contributed by atoms with van der Waals surface area (Å²) >= 11 is 0. The number of hydrogen-bond donors (Lipinski definition) is 3. The lowest BCUT2D eigenvalue weighted by molar-refractivity contribution is -0.143. The second-order valence-electron chi connectivity index (χ2n) is 5.39. The predicted octanol–water partition coefficient (Wildman–Crippen LogP) is 1.89. The van der Waals surface area contributed by atoms with Crippen molar-refractivity contribution in [1.29, 1.82) is 0 Å². The molecule has 1 fully saturated rings. The first kappa shape index (κ1) is 14.4. The van der Waals surface area contributed by atoms with Gasteiger partial charge < -0.3 is 16.2 Å². The molecule has 0 bridgehead atoms. The minimum Gasteiger partial charge on any atom is -0.481 e. The number of aliphatic carboxylic acids is 1. The van der Waals surface area contributed by atoms with Gasteiger partial charge in [-0.2, -0.15) is 0 Å². The molecular formula is C15H20N2O3. The van der Waals surface area contributed by atoms with Gasteiger partial charge >= 0.3 is 5.97 Å². The average Bonchev–Trinajstić information content (AvgIpc) is 2.45. The van der Waals surface area contributed by atoms with Gasteiger partial charge in [-0.3, -0.25) is 9.59 Å². The van der Waals surface area contributed by atoms with Gasteiger partial charge in [-0.15, -0.1) is 0 Å². The molecule has 0 spiro atoms. The molecule has 5 heteroatoms. The molecule has 0 heterocycles. The van der Waals surface area contributed by atoms with Crippen LogP contribution in [0.15, 0.2) is 24.3 Å². The number of nitrogens with two attached hydrogens (primary N) is 1. The van der Waals surface area contributed by atoms with E-state index in [1.165, 1.54) is 0 Å². The summed E-state index contributed by atoms with van der Waals surface area (Å²) < 4.78 is 0. The van der Waals surface area contributed by atoms with E-state index in [9.17, 15) is 9.59 Å². The predicted molar refractivity (Wildman–Crippen MR) is 76.3 cm³/mol. The molecule has 1 saturated carbocycles. The molecule has 1 amide bonds. The Morgan fingerprint density at radius 1 is 1.25 bits per heavy atom. The van der Waals surface area contributed by atoms with E-state index in [0.29, 0.717) is 36.6 Å². The Balaban J connectivity index is 1.79. The van der Waals surface area contributed by atoms with Crippen molar-refractivity contribution in [3.8, 4) is 0 Å². The summed E-state index contributed by atoms with van der Waals surface area (Å²) in [6, 6.07) is 6.87. The summed E-state index contributed by atoms with van der Waals surface area (Å²) in [5.41, 5.74) is 6.77. The third-order valence-corrected chi connectivity index (χ3v) is 3.90. The van der Waals surface area contributed by atoms with Crippen molar-refractivity contribution in [2.75, 3.05) is 12.3 Å². The zero-order valence-electron chi connectivity index (χ0n) is 11.3. The molecule has 0 aliphatic heterocycles. The highest BCUT2D eigenvalue weighted by Crippen LogP contribution is 2.28. The molecular weight excluding hydrogens is 256 g/mol. The third-order valence-electron chi connectivity index (χ3n) is 3.90. The van der Waals surface area contributed by atoms with Gasteiger partial charge in [-0.05, 0) is 49.8 Å². The van der Waals surface area contributed by atoms with Crippen LogP contribution in [0.2, 0.25) is 0 Å². The Morgan fingerprint density at radius 2 is 1.95 bits per heavy atom. The highest BCUT2D eigenvalue weighted by Gasteiger charge is 2.26. The van der Waals surface area contributed by atoms with Crippen molar-refractivity contribution in [1.82, 2.24) is 5.32 Å². The monoisotopic (exact) mass is 276 g/mol. The lowest BCUT2D eigenvalue weighted by Gasteiger charge is -2.26. The molecule has 5 nitrogen and oxygen atoms in total. The van der Waals surface area contributed by atoms with Crippen LogP contribution in [-0.2, 0) is 4.79 Å². The number of carboxylic acids is 1. The standard InChI is InChI=1S/C15H20N2O3/c16-13-3-1-2-12(8-13)14(18)17-9-10-4-6-11(7-5-10)15(19)20/h1-3,8,10-11H,4-7,9,16H2,(H,17,18)(H,19,20). The quantitative estimate of drug-likeness (QED) is 0.732. The minimum absolute atomic E-state index is 0.127. The number of benzene rings is 1. The van der Waals surface area contributed by atoms with Crippen molar-refractivity contribution in [2.24, 2.45) is 11.8 Å². The lowest BCUT2D eigenvalue weighted by Crippen LogP contribution is -2.32. The van der Waals surface area contributed by atoms with E-state index >= 15 is 0 Å². The zero-order chi connectivity index (χ0) is 14.5. The summed E-state index contributed by atoms with van der Waals surface area (Å²) in [5.74, 6) is -0.670. The Hall–Kier alpha value is -2.04. The largest absolute Gasteiger partial charge is 0.481 e. The molecule has 0 radical (unpaired) electrons. The van der Waals surface area contributed by atoms with Crippen molar-refractivity contribution in [3.05, 3.63) is 29.8 Å². The van der Waals surface area contributed by atoms with Gasteiger partial charge in [0.05, 0.1) is 5.92 Å². The number of carboxylic acid groups (broad SMARTS) is 1. The molecule has 1 aliphatic rings. The number of amides is 1. The summed E-state index contributed by atoms with van der Waals surface area (Å²) in [5, 5.41) is 11.8. The normalized spacial score (nSPS) is 22.2. The fourth-order valence-corrected chi connectivity index (χ4v) is 2.63. The summed E-state index contributed by atoms with van der Waals surface area (Å²) in [6.45, 7) is 0.597. The van der Waals surface area contributed by atoms with Gasteiger partial charge in [-0.25, -0.2) is 0 Å². The van der Waals surface area contributed by atoms with Crippen LogP contribution in [-0.4, -0.2) is 23.5 Å². The highest BCUT2D eigenvalue weighted by atomic mass is 16.4. The van der Waals surface area contributed by atoms with Gasteiger partial charge in [0, 0.05) is 17.8 Å². The van der Waals surface area contributed by atoms with Crippen LogP contribution in [0.1, 0.15) is 36.0 Å². The summed E-state index contributed by atoms with van der Waals surface area (Å²) in [7, 11) is 0. The maximum atomic E-state index is 12.0. The van der Waals surface area contributed by atoms with Crippen LogP contribution in [0.5, 0.6) is 0 Å².